The standard InChI is InChI=1S/C25H25N3O3S/c29-24(18-9-10-30-16-18)28-14-19-12-27(13-20(19)15-28)11-17-5-7-21(8-6-17)31-25-26-22-3-1-2-4-23(22)32-25/h1-8,12,18,20H,9-11,13-16H2. The summed E-state index contributed by atoms with van der Waals surface area (Å²) in [6.45, 7) is 4.76. The molecular formula is C25H25N3O3S. The topological polar surface area (TPSA) is 54.9 Å². The van der Waals surface area contributed by atoms with E-state index in [2.05, 4.69) is 34.3 Å². The van der Waals surface area contributed by atoms with Gasteiger partial charge in [-0.05, 0) is 41.8 Å². The van der Waals surface area contributed by atoms with Gasteiger partial charge < -0.3 is 19.3 Å². The van der Waals surface area contributed by atoms with Gasteiger partial charge in [-0.2, -0.15) is 0 Å². The third kappa shape index (κ3) is 3.87. The van der Waals surface area contributed by atoms with Crippen LogP contribution in [0.4, 0.5) is 0 Å². The van der Waals surface area contributed by atoms with Gasteiger partial charge in [-0.3, -0.25) is 4.79 Å². The molecule has 0 saturated carbocycles. The van der Waals surface area contributed by atoms with Crippen LogP contribution in [0.15, 0.2) is 60.3 Å². The fraction of sp³-hybridized carbons (Fsp3) is 0.360. The molecule has 0 radical (unpaired) electrons. The van der Waals surface area contributed by atoms with E-state index in [9.17, 15) is 4.79 Å². The lowest BCUT2D eigenvalue weighted by Gasteiger charge is -2.22. The van der Waals surface area contributed by atoms with Crippen LogP contribution in [-0.4, -0.2) is 53.5 Å². The third-order valence-corrected chi connectivity index (χ3v) is 7.44. The second-order valence-corrected chi connectivity index (χ2v) is 9.80. The maximum atomic E-state index is 12.7. The highest BCUT2D eigenvalue weighted by molar-refractivity contribution is 7.20. The lowest BCUT2D eigenvalue weighted by Crippen LogP contribution is -2.36. The summed E-state index contributed by atoms with van der Waals surface area (Å²) in [5.41, 5.74) is 3.59. The van der Waals surface area contributed by atoms with Crippen LogP contribution >= 0.6 is 11.3 Å². The molecule has 4 heterocycles. The Labute approximate surface area is 191 Å². The van der Waals surface area contributed by atoms with Crippen molar-refractivity contribution in [3.05, 3.63) is 65.9 Å². The molecule has 2 atom stereocenters. The second kappa shape index (κ2) is 8.22. The first-order chi connectivity index (χ1) is 15.7. The Bertz CT molecular complexity index is 1130. The first-order valence-electron chi connectivity index (χ1n) is 11.1. The highest BCUT2D eigenvalue weighted by atomic mass is 32.1. The van der Waals surface area contributed by atoms with Gasteiger partial charge in [0.15, 0.2) is 0 Å². The molecule has 6 nitrogen and oxygen atoms in total. The summed E-state index contributed by atoms with van der Waals surface area (Å²) < 4.78 is 12.5. The van der Waals surface area contributed by atoms with Crippen molar-refractivity contribution in [2.24, 2.45) is 11.8 Å². The molecule has 2 saturated heterocycles. The number of para-hydroxylation sites is 1. The van der Waals surface area contributed by atoms with E-state index in [-0.39, 0.29) is 11.8 Å². The molecule has 2 unspecified atom stereocenters. The average molecular weight is 448 g/mol. The van der Waals surface area contributed by atoms with Gasteiger partial charge in [0, 0.05) is 44.9 Å². The average Bonchev–Trinajstić information content (AvgIpc) is 3.58. The SMILES string of the molecule is O=C(C1CCOC1)N1CC2=CN(Cc3ccc(Oc4nc5ccccc5s4)cc3)CC2C1. The Morgan fingerprint density at radius 1 is 1.16 bits per heavy atom. The van der Waals surface area contributed by atoms with Crippen molar-refractivity contribution in [2.75, 3.05) is 32.8 Å². The van der Waals surface area contributed by atoms with Gasteiger partial charge in [0.1, 0.15) is 5.75 Å². The molecule has 3 aliphatic rings. The number of benzene rings is 2. The van der Waals surface area contributed by atoms with Crippen LogP contribution in [0.3, 0.4) is 0 Å². The molecule has 6 rings (SSSR count). The minimum atomic E-state index is 0.0639. The van der Waals surface area contributed by atoms with E-state index in [1.54, 1.807) is 11.3 Å². The van der Waals surface area contributed by atoms with Gasteiger partial charge in [-0.15, -0.1) is 0 Å². The van der Waals surface area contributed by atoms with Crippen LogP contribution in [0.25, 0.3) is 10.2 Å². The number of hydrogen-bond donors (Lipinski definition) is 0. The quantitative estimate of drug-likeness (QED) is 0.584. The lowest BCUT2D eigenvalue weighted by molar-refractivity contribution is -0.134. The first kappa shape index (κ1) is 19.8. The van der Waals surface area contributed by atoms with Crippen LogP contribution in [0.2, 0.25) is 0 Å². The van der Waals surface area contributed by atoms with Crippen LogP contribution in [0.1, 0.15) is 12.0 Å². The van der Waals surface area contributed by atoms with Crippen LogP contribution in [0.5, 0.6) is 10.9 Å². The summed E-state index contributed by atoms with van der Waals surface area (Å²) in [6.07, 6.45) is 3.12. The Morgan fingerprint density at radius 2 is 2.03 bits per heavy atom. The van der Waals surface area contributed by atoms with Crippen LogP contribution in [-0.2, 0) is 16.1 Å². The van der Waals surface area contributed by atoms with Crippen molar-refractivity contribution in [1.29, 1.82) is 0 Å². The van der Waals surface area contributed by atoms with Crippen LogP contribution < -0.4 is 4.74 Å². The Morgan fingerprint density at radius 3 is 2.81 bits per heavy atom. The van der Waals surface area contributed by atoms with Crippen molar-refractivity contribution in [2.45, 2.75) is 13.0 Å². The summed E-state index contributed by atoms with van der Waals surface area (Å²) in [7, 11) is 0. The van der Waals surface area contributed by atoms with Crippen molar-refractivity contribution >= 4 is 27.5 Å². The number of likely N-dealkylation sites (tertiary alicyclic amines) is 1. The molecule has 1 amide bonds. The molecule has 2 fully saturated rings. The zero-order valence-electron chi connectivity index (χ0n) is 17.8. The number of hydrogen-bond acceptors (Lipinski definition) is 6. The molecule has 3 aliphatic heterocycles. The van der Waals surface area contributed by atoms with Gasteiger partial charge in [-0.1, -0.05) is 35.6 Å². The molecule has 3 aromatic rings. The minimum absolute atomic E-state index is 0.0639. The van der Waals surface area contributed by atoms with Crippen molar-refractivity contribution in [3.63, 3.8) is 0 Å². The summed E-state index contributed by atoms with van der Waals surface area (Å²) in [5, 5.41) is 0.666. The molecule has 0 spiro atoms. The molecule has 32 heavy (non-hydrogen) atoms. The van der Waals surface area contributed by atoms with Gasteiger partial charge in [0.25, 0.3) is 5.19 Å². The molecule has 0 bridgehead atoms. The summed E-state index contributed by atoms with van der Waals surface area (Å²) in [5.74, 6) is 1.60. The van der Waals surface area contributed by atoms with E-state index in [1.807, 2.05) is 35.2 Å². The fourth-order valence-corrected chi connectivity index (χ4v) is 5.68. The highest BCUT2D eigenvalue weighted by Gasteiger charge is 2.38. The normalized spacial score (nSPS) is 22.4. The Balaban J connectivity index is 1.06. The molecule has 2 aromatic carbocycles. The fourth-order valence-electron chi connectivity index (χ4n) is 4.85. The first-order valence-corrected chi connectivity index (χ1v) is 12.0. The van der Waals surface area contributed by atoms with Crippen molar-refractivity contribution < 1.29 is 14.3 Å². The Hall–Kier alpha value is -2.90. The van der Waals surface area contributed by atoms with E-state index in [4.69, 9.17) is 9.47 Å². The van der Waals surface area contributed by atoms with Gasteiger partial charge >= 0.3 is 0 Å². The van der Waals surface area contributed by atoms with E-state index in [0.717, 1.165) is 48.6 Å². The minimum Gasteiger partial charge on any atom is -0.431 e. The second-order valence-electron chi connectivity index (χ2n) is 8.80. The number of nitrogens with zero attached hydrogens (tertiary/aromatic N) is 3. The molecular weight excluding hydrogens is 422 g/mol. The number of amides is 1. The zero-order valence-corrected chi connectivity index (χ0v) is 18.6. The maximum absolute atomic E-state index is 12.7. The number of thiazole rings is 1. The number of ether oxygens (including phenoxy) is 2. The number of rotatable bonds is 5. The van der Waals surface area contributed by atoms with Crippen molar-refractivity contribution in [3.8, 4) is 10.9 Å². The molecule has 0 N–H and O–H groups in total. The summed E-state index contributed by atoms with van der Waals surface area (Å²) >= 11 is 1.56. The predicted octanol–water partition coefficient (Wildman–Crippen LogP) is 4.28. The number of carbonyl (C=O) groups is 1. The highest BCUT2D eigenvalue weighted by Crippen LogP contribution is 2.33. The third-order valence-electron chi connectivity index (χ3n) is 6.52. The molecule has 0 aliphatic carbocycles. The van der Waals surface area contributed by atoms with Crippen LogP contribution in [0, 0.1) is 11.8 Å². The predicted molar refractivity (Wildman–Crippen MR) is 124 cm³/mol. The van der Waals surface area contributed by atoms with E-state index in [0.29, 0.717) is 24.3 Å². The van der Waals surface area contributed by atoms with Crippen molar-refractivity contribution in [1.82, 2.24) is 14.8 Å². The zero-order chi connectivity index (χ0) is 21.5. The maximum Gasteiger partial charge on any atom is 0.279 e. The number of aromatic nitrogens is 1. The summed E-state index contributed by atoms with van der Waals surface area (Å²) in [4.78, 5) is 21.6. The van der Waals surface area contributed by atoms with Gasteiger partial charge in [0.2, 0.25) is 5.91 Å². The smallest absolute Gasteiger partial charge is 0.279 e. The summed E-state index contributed by atoms with van der Waals surface area (Å²) in [6, 6.07) is 16.3. The Kier molecular flexibility index (Phi) is 5.08. The van der Waals surface area contributed by atoms with E-state index < -0.39 is 0 Å². The van der Waals surface area contributed by atoms with E-state index >= 15 is 0 Å². The van der Waals surface area contributed by atoms with Gasteiger partial charge in [-0.25, -0.2) is 4.98 Å². The molecule has 7 heteroatoms. The monoisotopic (exact) mass is 447 g/mol. The van der Waals surface area contributed by atoms with Gasteiger partial charge in [0.05, 0.1) is 22.7 Å². The van der Waals surface area contributed by atoms with E-state index in [1.165, 1.54) is 11.1 Å². The molecule has 164 valence electrons. The largest absolute Gasteiger partial charge is 0.431 e. The lowest BCUT2D eigenvalue weighted by atomic mass is 10.1. The molecule has 1 aromatic heterocycles. The number of fused-ring (bicyclic) bond motifs is 2. The number of carbonyl (C=O) groups excluding carboxylic acids is 1.